The van der Waals surface area contributed by atoms with Crippen LogP contribution in [0.2, 0.25) is 0 Å². The van der Waals surface area contributed by atoms with Crippen LogP contribution >= 0.6 is 11.3 Å². The van der Waals surface area contributed by atoms with Crippen molar-refractivity contribution >= 4 is 42.6 Å². The van der Waals surface area contributed by atoms with E-state index in [0.29, 0.717) is 49.1 Å². The maximum atomic E-state index is 14.0. The number of sulfonamides is 1. The Morgan fingerprint density at radius 1 is 1.05 bits per heavy atom. The number of nitrogens with zero attached hydrogens (tertiary/aromatic N) is 4. The minimum atomic E-state index is -3.65. The lowest BCUT2D eigenvalue weighted by molar-refractivity contribution is -0.123. The molecule has 222 valence electrons. The Morgan fingerprint density at radius 2 is 1.76 bits per heavy atom. The largest absolute Gasteiger partial charge is 0.497 e. The zero-order valence-electron chi connectivity index (χ0n) is 23.9. The fourth-order valence-electron chi connectivity index (χ4n) is 5.42. The molecule has 0 unspecified atom stereocenters. The van der Waals surface area contributed by atoms with E-state index in [-0.39, 0.29) is 16.7 Å². The highest BCUT2D eigenvalue weighted by molar-refractivity contribution is 7.89. The molecule has 2 aliphatic heterocycles. The maximum Gasteiger partial charge on any atom is 0.243 e. The minimum Gasteiger partial charge on any atom is -0.497 e. The summed E-state index contributed by atoms with van der Waals surface area (Å²) < 4.78 is 45.2. The lowest BCUT2D eigenvalue weighted by atomic mass is 9.96. The second-order valence-electron chi connectivity index (χ2n) is 10.4. The summed E-state index contributed by atoms with van der Waals surface area (Å²) in [5, 5.41) is 0.660. The number of rotatable bonds is 10. The maximum absolute atomic E-state index is 14.0. The Labute approximate surface area is 245 Å². The van der Waals surface area contributed by atoms with Crippen molar-refractivity contribution in [3.8, 4) is 11.5 Å². The van der Waals surface area contributed by atoms with E-state index in [2.05, 4.69) is 4.90 Å². The number of benzene rings is 2. The quantitative estimate of drug-likeness (QED) is 0.346. The highest BCUT2D eigenvalue weighted by Gasteiger charge is 2.35. The molecule has 2 fully saturated rings. The van der Waals surface area contributed by atoms with E-state index in [0.717, 1.165) is 55.0 Å². The van der Waals surface area contributed by atoms with Crippen LogP contribution in [0.25, 0.3) is 10.2 Å². The molecule has 0 atom stereocenters. The Kier molecular flexibility index (Phi) is 9.45. The summed E-state index contributed by atoms with van der Waals surface area (Å²) in [6.45, 7) is 7.29. The Bertz CT molecular complexity index is 1450. The smallest absolute Gasteiger partial charge is 0.243 e. The lowest BCUT2D eigenvalue weighted by Gasteiger charge is -2.33. The summed E-state index contributed by atoms with van der Waals surface area (Å²) in [5.74, 6) is 1.01. The van der Waals surface area contributed by atoms with Crippen molar-refractivity contribution in [1.29, 1.82) is 0 Å². The van der Waals surface area contributed by atoms with Crippen molar-refractivity contribution in [1.82, 2.24) is 14.2 Å². The summed E-state index contributed by atoms with van der Waals surface area (Å²) in [5.41, 5.74) is 1.85. The fraction of sp³-hybridized carbons (Fsp3) is 0.517. The average molecular weight is 603 g/mol. The van der Waals surface area contributed by atoms with Gasteiger partial charge in [0.1, 0.15) is 17.0 Å². The number of hydrogen-bond acceptors (Lipinski definition) is 9. The molecular formula is C29H38N4O6S2. The highest BCUT2D eigenvalue weighted by Crippen LogP contribution is 2.37. The Hall–Kier alpha value is -2.77. The van der Waals surface area contributed by atoms with Crippen LogP contribution in [-0.4, -0.2) is 95.2 Å². The van der Waals surface area contributed by atoms with E-state index >= 15 is 0 Å². The number of amides is 1. The molecule has 0 bridgehead atoms. The van der Waals surface area contributed by atoms with Crippen LogP contribution in [0.5, 0.6) is 11.5 Å². The van der Waals surface area contributed by atoms with Crippen LogP contribution in [0.4, 0.5) is 5.13 Å². The monoisotopic (exact) mass is 602 g/mol. The van der Waals surface area contributed by atoms with Gasteiger partial charge in [-0.3, -0.25) is 14.6 Å². The van der Waals surface area contributed by atoms with Crippen molar-refractivity contribution < 1.29 is 27.4 Å². The number of methoxy groups -OCH3 is 2. The SMILES string of the molecule is COc1ccc(S(=O)(=O)N2CCC(C(=O)N(CCCN3CCOCC3)c3nc4c(OC)ccc(C)c4s3)CC2)cc1. The van der Waals surface area contributed by atoms with Gasteiger partial charge in [-0.2, -0.15) is 4.31 Å². The number of piperidine rings is 1. The van der Waals surface area contributed by atoms with Gasteiger partial charge in [0.15, 0.2) is 5.13 Å². The summed E-state index contributed by atoms with van der Waals surface area (Å²) in [6.07, 6.45) is 1.73. The van der Waals surface area contributed by atoms with E-state index in [4.69, 9.17) is 19.2 Å². The van der Waals surface area contributed by atoms with E-state index in [1.54, 1.807) is 38.5 Å². The summed E-state index contributed by atoms with van der Waals surface area (Å²) in [6, 6.07) is 10.3. The van der Waals surface area contributed by atoms with Crippen molar-refractivity contribution in [3.05, 3.63) is 42.0 Å². The third-order valence-corrected chi connectivity index (χ3v) is 11.0. The number of fused-ring (bicyclic) bond motifs is 1. The number of morpholine rings is 1. The predicted octanol–water partition coefficient (Wildman–Crippen LogP) is 3.78. The molecule has 2 aromatic carbocycles. The number of hydrogen-bond donors (Lipinski definition) is 0. The van der Waals surface area contributed by atoms with Gasteiger partial charge < -0.3 is 14.2 Å². The van der Waals surface area contributed by atoms with Crippen molar-refractivity contribution in [2.24, 2.45) is 5.92 Å². The summed E-state index contributed by atoms with van der Waals surface area (Å²) in [7, 11) is -0.480. The molecule has 41 heavy (non-hydrogen) atoms. The van der Waals surface area contributed by atoms with E-state index < -0.39 is 10.0 Å². The molecule has 1 aromatic heterocycles. The van der Waals surface area contributed by atoms with Gasteiger partial charge in [-0.1, -0.05) is 17.4 Å². The molecule has 12 heteroatoms. The number of carbonyl (C=O) groups excluding carboxylic acids is 1. The number of thiazole rings is 1. The third-order valence-electron chi connectivity index (χ3n) is 7.87. The number of aryl methyl sites for hydroxylation is 1. The first kappa shape index (κ1) is 29.7. The first-order valence-corrected chi connectivity index (χ1v) is 16.3. The molecule has 1 amide bonds. The molecule has 10 nitrogen and oxygen atoms in total. The zero-order valence-corrected chi connectivity index (χ0v) is 25.5. The number of carbonyl (C=O) groups is 1. The summed E-state index contributed by atoms with van der Waals surface area (Å²) in [4.78, 5) is 23.3. The fourth-order valence-corrected chi connectivity index (χ4v) is 7.97. The number of anilines is 1. The lowest BCUT2D eigenvalue weighted by Crippen LogP contribution is -2.45. The van der Waals surface area contributed by atoms with Crippen molar-refractivity contribution in [2.75, 3.05) is 71.6 Å². The molecule has 3 aromatic rings. The van der Waals surface area contributed by atoms with Gasteiger partial charge in [0.2, 0.25) is 15.9 Å². The molecule has 3 heterocycles. The summed E-state index contributed by atoms with van der Waals surface area (Å²) >= 11 is 1.51. The van der Waals surface area contributed by atoms with Gasteiger partial charge in [0, 0.05) is 45.2 Å². The zero-order chi connectivity index (χ0) is 29.0. The topological polar surface area (TPSA) is 102 Å². The second kappa shape index (κ2) is 13.0. The predicted molar refractivity (Wildman–Crippen MR) is 160 cm³/mol. The minimum absolute atomic E-state index is 0.00384. The molecule has 0 aliphatic carbocycles. The van der Waals surface area contributed by atoms with Crippen LogP contribution in [0, 0.1) is 12.8 Å². The van der Waals surface area contributed by atoms with Crippen LogP contribution in [0.1, 0.15) is 24.8 Å². The van der Waals surface area contributed by atoms with Crippen LogP contribution in [-0.2, 0) is 19.6 Å². The van der Waals surface area contributed by atoms with E-state index in [1.807, 2.05) is 24.0 Å². The first-order valence-electron chi connectivity index (χ1n) is 14.0. The molecule has 5 rings (SSSR count). The van der Waals surface area contributed by atoms with Gasteiger partial charge in [-0.15, -0.1) is 0 Å². The van der Waals surface area contributed by atoms with Gasteiger partial charge in [0.05, 0.1) is 37.0 Å². The second-order valence-corrected chi connectivity index (χ2v) is 13.3. The molecule has 2 saturated heterocycles. The van der Waals surface area contributed by atoms with Crippen LogP contribution < -0.4 is 14.4 Å². The van der Waals surface area contributed by atoms with Gasteiger partial charge in [-0.25, -0.2) is 13.4 Å². The van der Waals surface area contributed by atoms with E-state index in [1.165, 1.54) is 15.6 Å². The number of aromatic nitrogens is 1. The Balaban J connectivity index is 1.32. The molecule has 0 radical (unpaired) electrons. The highest BCUT2D eigenvalue weighted by atomic mass is 32.2. The van der Waals surface area contributed by atoms with Crippen molar-refractivity contribution in [3.63, 3.8) is 0 Å². The molecule has 0 spiro atoms. The number of ether oxygens (including phenoxy) is 3. The third kappa shape index (κ3) is 6.51. The van der Waals surface area contributed by atoms with Gasteiger partial charge in [0.25, 0.3) is 0 Å². The van der Waals surface area contributed by atoms with Gasteiger partial charge >= 0.3 is 0 Å². The first-order chi connectivity index (χ1) is 19.8. The van der Waals surface area contributed by atoms with Crippen LogP contribution in [0.15, 0.2) is 41.3 Å². The van der Waals surface area contributed by atoms with Gasteiger partial charge in [-0.05, 0) is 62.1 Å². The normalized spacial score (nSPS) is 17.5. The standard InChI is InChI=1S/C29H38N4O6S2/c1-21-5-10-25(38-3)26-27(21)40-29(30-26)33(14-4-13-31-17-19-39-20-18-31)28(34)22-11-15-32(16-12-22)41(35,36)24-8-6-23(37-2)7-9-24/h5-10,22H,4,11-20H2,1-3H3. The van der Waals surface area contributed by atoms with Crippen LogP contribution in [0.3, 0.4) is 0 Å². The van der Waals surface area contributed by atoms with Crippen molar-refractivity contribution in [2.45, 2.75) is 31.1 Å². The molecule has 0 N–H and O–H groups in total. The molecule has 0 saturated carbocycles. The molecular weight excluding hydrogens is 564 g/mol. The van der Waals surface area contributed by atoms with E-state index in [9.17, 15) is 13.2 Å². The molecule has 2 aliphatic rings. The Morgan fingerprint density at radius 3 is 2.41 bits per heavy atom. The average Bonchev–Trinajstić information content (AvgIpc) is 3.46.